The number of benzene rings is 3. The first-order valence-corrected chi connectivity index (χ1v) is 10.6. The molecule has 0 fully saturated rings. The van der Waals surface area contributed by atoms with Gasteiger partial charge in [0.15, 0.2) is 0 Å². The van der Waals surface area contributed by atoms with E-state index < -0.39 is 31.8 Å². The number of hydrogen-bond donors (Lipinski definition) is 7. The lowest BCUT2D eigenvalue weighted by Gasteiger charge is -2.35. The lowest BCUT2D eigenvalue weighted by Crippen LogP contribution is -2.27. The molecule has 3 rings (SSSR count). The van der Waals surface area contributed by atoms with E-state index in [2.05, 4.69) is 0 Å². The lowest BCUT2D eigenvalue weighted by molar-refractivity contribution is 0.263. The van der Waals surface area contributed by atoms with E-state index >= 15 is 0 Å². The predicted molar refractivity (Wildman–Crippen MR) is 123 cm³/mol. The second-order valence-electron chi connectivity index (χ2n) is 8.54. The summed E-state index contributed by atoms with van der Waals surface area (Å²) in [5.41, 5.74) is 2.42. The maximum atomic E-state index is 11.1. The van der Waals surface area contributed by atoms with Gasteiger partial charge in [-0.15, -0.1) is 0 Å². The Morgan fingerprint density at radius 2 is 0.879 bits per heavy atom. The van der Waals surface area contributed by atoms with Crippen molar-refractivity contribution in [3.63, 3.8) is 0 Å². The molecular formula is C26H30O7. The highest BCUT2D eigenvalue weighted by Gasteiger charge is 2.38. The third kappa shape index (κ3) is 4.16. The molecular weight excluding hydrogens is 424 g/mol. The lowest BCUT2D eigenvalue weighted by atomic mass is 9.68. The normalized spacial score (nSPS) is 11.7. The van der Waals surface area contributed by atoms with Gasteiger partial charge in [-0.3, -0.25) is 0 Å². The van der Waals surface area contributed by atoms with Crippen LogP contribution in [0.1, 0.15) is 57.0 Å². The Labute approximate surface area is 192 Å². The Kier molecular flexibility index (Phi) is 7.00. The molecule has 0 aliphatic rings. The van der Waals surface area contributed by atoms with Crippen LogP contribution in [0.2, 0.25) is 0 Å². The standard InChI is InChI=1S/C26H30O7/c1-14-4-16(10-27)24(32)21(6-14)26(3,22-7-15(2)5-17(11-28)25(22)33)20-8-18(12-29)23(31)19(9-20)13-30/h4-9,27-33H,10-13H2,1-3H3. The van der Waals surface area contributed by atoms with E-state index in [-0.39, 0.29) is 28.4 Å². The molecule has 0 radical (unpaired) electrons. The fourth-order valence-corrected chi connectivity index (χ4v) is 4.46. The highest BCUT2D eigenvalue weighted by molar-refractivity contribution is 5.63. The molecule has 33 heavy (non-hydrogen) atoms. The van der Waals surface area contributed by atoms with Gasteiger partial charge in [-0.25, -0.2) is 0 Å². The Balaban J connectivity index is 2.53. The average molecular weight is 455 g/mol. The van der Waals surface area contributed by atoms with E-state index in [1.54, 1.807) is 43.3 Å². The van der Waals surface area contributed by atoms with Crippen LogP contribution in [0.15, 0.2) is 36.4 Å². The van der Waals surface area contributed by atoms with Crippen molar-refractivity contribution in [2.24, 2.45) is 0 Å². The van der Waals surface area contributed by atoms with E-state index in [0.717, 1.165) is 11.1 Å². The van der Waals surface area contributed by atoms with Gasteiger partial charge in [-0.2, -0.15) is 0 Å². The Morgan fingerprint density at radius 3 is 1.21 bits per heavy atom. The molecule has 7 nitrogen and oxygen atoms in total. The quantitative estimate of drug-likeness (QED) is 0.272. The van der Waals surface area contributed by atoms with Gasteiger partial charge < -0.3 is 35.7 Å². The molecule has 0 unspecified atom stereocenters. The Hall–Kier alpha value is -3.10. The van der Waals surface area contributed by atoms with E-state index in [1.807, 2.05) is 13.8 Å². The Morgan fingerprint density at radius 1 is 0.545 bits per heavy atom. The van der Waals surface area contributed by atoms with E-state index in [9.17, 15) is 35.7 Å². The molecule has 0 aliphatic carbocycles. The van der Waals surface area contributed by atoms with Crippen LogP contribution in [0.25, 0.3) is 0 Å². The molecule has 0 spiro atoms. The first kappa shape index (κ1) is 24.5. The summed E-state index contributed by atoms with van der Waals surface area (Å²) in [6.45, 7) is 3.58. The topological polar surface area (TPSA) is 142 Å². The highest BCUT2D eigenvalue weighted by atomic mass is 16.3. The van der Waals surface area contributed by atoms with Crippen molar-refractivity contribution in [3.05, 3.63) is 86.5 Å². The summed E-state index contributed by atoms with van der Waals surface area (Å²) in [6, 6.07) is 9.88. The maximum Gasteiger partial charge on any atom is 0.126 e. The molecule has 0 saturated heterocycles. The molecule has 0 atom stereocenters. The zero-order chi connectivity index (χ0) is 24.5. The molecule has 0 saturated carbocycles. The summed E-state index contributed by atoms with van der Waals surface area (Å²) in [6.07, 6.45) is 0. The molecule has 0 aromatic heterocycles. The Bertz CT molecular complexity index is 1100. The maximum absolute atomic E-state index is 11.1. The summed E-state index contributed by atoms with van der Waals surface area (Å²) in [5.74, 6) is -0.567. The van der Waals surface area contributed by atoms with Crippen LogP contribution in [-0.4, -0.2) is 35.7 Å². The van der Waals surface area contributed by atoms with Crippen molar-refractivity contribution >= 4 is 0 Å². The number of aliphatic hydroxyl groups excluding tert-OH is 4. The van der Waals surface area contributed by atoms with Crippen molar-refractivity contribution in [2.45, 2.75) is 52.6 Å². The molecule has 0 aliphatic heterocycles. The zero-order valence-corrected chi connectivity index (χ0v) is 18.9. The van der Waals surface area contributed by atoms with Gasteiger partial charge in [0.25, 0.3) is 0 Å². The third-order valence-electron chi connectivity index (χ3n) is 6.27. The molecule has 7 heteroatoms. The van der Waals surface area contributed by atoms with Gasteiger partial charge in [-0.1, -0.05) is 35.4 Å². The minimum absolute atomic E-state index is 0.166. The van der Waals surface area contributed by atoms with E-state index in [0.29, 0.717) is 27.8 Å². The number of phenols is 3. The molecule has 0 heterocycles. The van der Waals surface area contributed by atoms with Crippen LogP contribution in [0.3, 0.4) is 0 Å². The fraction of sp³-hybridized carbons (Fsp3) is 0.308. The molecule has 0 bridgehead atoms. The molecule has 3 aromatic rings. The van der Waals surface area contributed by atoms with Gasteiger partial charge in [-0.05, 0) is 38.5 Å². The number of hydrogen-bond acceptors (Lipinski definition) is 7. The summed E-state index contributed by atoms with van der Waals surface area (Å²) in [4.78, 5) is 0. The van der Waals surface area contributed by atoms with Crippen molar-refractivity contribution in [2.75, 3.05) is 0 Å². The highest BCUT2D eigenvalue weighted by Crippen LogP contribution is 2.49. The van der Waals surface area contributed by atoms with Crippen molar-refractivity contribution in [1.29, 1.82) is 0 Å². The van der Waals surface area contributed by atoms with Gasteiger partial charge >= 0.3 is 0 Å². The summed E-state index contributed by atoms with van der Waals surface area (Å²) >= 11 is 0. The fourth-order valence-electron chi connectivity index (χ4n) is 4.46. The molecule has 0 amide bonds. The van der Waals surface area contributed by atoms with Gasteiger partial charge in [0.1, 0.15) is 17.2 Å². The second-order valence-corrected chi connectivity index (χ2v) is 8.54. The molecule has 7 N–H and O–H groups in total. The number of rotatable bonds is 7. The minimum atomic E-state index is -1.26. The summed E-state index contributed by atoms with van der Waals surface area (Å²) in [7, 11) is 0. The first-order chi connectivity index (χ1) is 15.6. The van der Waals surface area contributed by atoms with Gasteiger partial charge in [0.05, 0.1) is 26.4 Å². The van der Waals surface area contributed by atoms with Crippen LogP contribution in [-0.2, 0) is 31.8 Å². The van der Waals surface area contributed by atoms with Crippen molar-refractivity contribution in [1.82, 2.24) is 0 Å². The van der Waals surface area contributed by atoms with Crippen molar-refractivity contribution in [3.8, 4) is 17.2 Å². The van der Waals surface area contributed by atoms with Crippen LogP contribution >= 0.6 is 0 Å². The van der Waals surface area contributed by atoms with Gasteiger partial charge in [0.2, 0.25) is 0 Å². The van der Waals surface area contributed by atoms with E-state index in [4.69, 9.17) is 0 Å². The zero-order valence-electron chi connectivity index (χ0n) is 18.9. The van der Waals surface area contributed by atoms with Gasteiger partial charge in [0, 0.05) is 38.8 Å². The first-order valence-electron chi connectivity index (χ1n) is 10.6. The van der Waals surface area contributed by atoms with E-state index in [1.165, 1.54) is 0 Å². The smallest absolute Gasteiger partial charge is 0.126 e. The third-order valence-corrected chi connectivity index (χ3v) is 6.27. The van der Waals surface area contributed by atoms with Crippen LogP contribution in [0.4, 0.5) is 0 Å². The summed E-state index contributed by atoms with van der Waals surface area (Å²) in [5, 5.41) is 71.9. The average Bonchev–Trinajstić information content (AvgIpc) is 2.81. The second kappa shape index (κ2) is 9.41. The van der Waals surface area contributed by atoms with Crippen LogP contribution < -0.4 is 0 Å². The monoisotopic (exact) mass is 454 g/mol. The van der Waals surface area contributed by atoms with Crippen LogP contribution in [0, 0.1) is 13.8 Å². The molecule has 176 valence electrons. The minimum Gasteiger partial charge on any atom is -0.507 e. The van der Waals surface area contributed by atoms with Crippen molar-refractivity contribution < 1.29 is 35.7 Å². The largest absolute Gasteiger partial charge is 0.507 e. The number of aromatic hydroxyl groups is 3. The number of aryl methyl sites for hydroxylation is 2. The number of aliphatic hydroxyl groups is 4. The summed E-state index contributed by atoms with van der Waals surface area (Å²) < 4.78 is 0. The van der Waals surface area contributed by atoms with Crippen LogP contribution in [0.5, 0.6) is 17.2 Å². The SMILES string of the molecule is Cc1cc(CO)c(O)c(C(C)(c2cc(CO)c(O)c(CO)c2)c2cc(C)cc(CO)c2O)c1. The molecule has 3 aromatic carbocycles. The predicted octanol–water partition coefficient (Wildman–Crippen LogP) is 2.74.